The van der Waals surface area contributed by atoms with Gasteiger partial charge in [0.15, 0.2) is 0 Å². The minimum Gasteiger partial charge on any atom is -0.496 e. The minimum atomic E-state index is 0.214. The third-order valence-electron chi connectivity index (χ3n) is 3.42. The molecule has 2 rings (SSSR count). The molecule has 1 atom stereocenters. The van der Waals surface area contributed by atoms with E-state index in [1.807, 2.05) is 43.6 Å². The lowest BCUT2D eigenvalue weighted by Crippen LogP contribution is -2.24. The molecule has 1 aromatic carbocycles. The molecule has 21 heavy (non-hydrogen) atoms. The van der Waals surface area contributed by atoms with Crippen LogP contribution in [0.1, 0.15) is 5.56 Å². The molecule has 1 unspecified atom stereocenters. The third-order valence-corrected chi connectivity index (χ3v) is 3.42. The van der Waals surface area contributed by atoms with E-state index in [1.54, 1.807) is 21.3 Å². The molecule has 0 bridgehead atoms. The van der Waals surface area contributed by atoms with Crippen molar-refractivity contribution in [3.05, 3.63) is 48.2 Å². The molecule has 0 amide bonds. The van der Waals surface area contributed by atoms with E-state index in [9.17, 15) is 0 Å². The van der Waals surface area contributed by atoms with Crippen molar-refractivity contribution in [2.24, 2.45) is 0 Å². The monoisotopic (exact) mass is 287 g/mol. The Morgan fingerprint density at radius 2 is 1.67 bits per heavy atom. The van der Waals surface area contributed by atoms with E-state index in [0.717, 1.165) is 17.1 Å². The van der Waals surface area contributed by atoms with E-state index in [1.165, 1.54) is 0 Å². The fraction of sp³-hybridized carbons (Fsp3) is 0.294. The zero-order valence-corrected chi connectivity index (χ0v) is 12.9. The van der Waals surface area contributed by atoms with Gasteiger partial charge in [-0.05, 0) is 18.4 Å². The lowest BCUT2D eigenvalue weighted by Gasteiger charge is -2.23. The molecular weight excluding hydrogens is 266 g/mol. The normalized spacial score (nSPS) is 17.3. The fourth-order valence-corrected chi connectivity index (χ4v) is 2.19. The molecule has 0 aromatic heterocycles. The van der Waals surface area contributed by atoms with Crippen LogP contribution in [-0.2, 0) is 0 Å². The van der Waals surface area contributed by atoms with E-state index in [0.29, 0.717) is 5.75 Å². The summed E-state index contributed by atoms with van der Waals surface area (Å²) in [5.41, 5.74) is 0.900. The summed E-state index contributed by atoms with van der Waals surface area (Å²) in [4.78, 5) is 2.12. The molecule has 0 saturated carbocycles. The molecule has 0 N–H and O–H groups in total. The maximum Gasteiger partial charge on any atom is 0.133 e. The molecule has 1 aromatic rings. The van der Waals surface area contributed by atoms with Crippen LogP contribution in [-0.4, -0.2) is 39.3 Å². The molecule has 112 valence electrons. The van der Waals surface area contributed by atoms with Crippen molar-refractivity contribution >= 4 is 6.08 Å². The van der Waals surface area contributed by atoms with Crippen LogP contribution < -0.4 is 14.2 Å². The molecule has 0 aliphatic carbocycles. The van der Waals surface area contributed by atoms with Gasteiger partial charge in [-0.2, -0.15) is 0 Å². The molecule has 4 heteroatoms. The van der Waals surface area contributed by atoms with Gasteiger partial charge in [-0.25, -0.2) is 0 Å². The maximum absolute atomic E-state index is 5.44. The van der Waals surface area contributed by atoms with Crippen molar-refractivity contribution in [1.82, 2.24) is 4.90 Å². The number of nitrogens with zero attached hydrogens (tertiary/aromatic N) is 1. The van der Waals surface area contributed by atoms with Gasteiger partial charge in [-0.15, -0.1) is 0 Å². The van der Waals surface area contributed by atoms with Gasteiger partial charge < -0.3 is 19.1 Å². The van der Waals surface area contributed by atoms with Gasteiger partial charge in [0.05, 0.1) is 32.9 Å². The highest BCUT2D eigenvalue weighted by atomic mass is 16.5. The number of rotatable bonds is 5. The third kappa shape index (κ3) is 3.40. The smallest absolute Gasteiger partial charge is 0.133 e. The Bertz CT molecular complexity index is 550. The molecule has 1 aliphatic heterocycles. The first-order chi connectivity index (χ1) is 10.2. The molecule has 0 radical (unpaired) electrons. The van der Waals surface area contributed by atoms with Crippen LogP contribution in [0.5, 0.6) is 17.2 Å². The van der Waals surface area contributed by atoms with Gasteiger partial charge in [-0.3, -0.25) is 0 Å². The first-order valence-corrected chi connectivity index (χ1v) is 6.74. The Morgan fingerprint density at radius 1 is 1.00 bits per heavy atom. The van der Waals surface area contributed by atoms with E-state index < -0.39 is 0 Å². The molecule has 0 saturated heterocycles. The van der Waals surface area contributed by atoms with Crippen LogP contribution in [0.3, 0.4) is 0 Å². The van der Waals surface area contributed by atoms with Crippen LogP contribution in [0, 0.1) is 0 Å². The second-order valence-electron chi connectivity index (χ2n) is 4.69. The molecular formula is C17H21NO3. The lowest BCUT2D eigenvalue weighted by atomic mass is 10.1. The lowest BCUT2D eigenvalue weighted by molar-refractivity contribution is 0.374. The van der Waals surface area contributed by atoms with Crippen molar-refractivity contribution in [2.75, 3.05) is 28.4 Å². The molecule has 1 aliphatic rings. The number of allylic oxidation sites excluding steroid dienone is 2. The summed E-state index contributed by atoms with van der Waals surface area (Å²) in [7, 11) is 6.94. The van der Waals surface area contributed by atoms with Crippen molar-refractivity contribution in [1.29, 1.82) is 0 Å². The van der Waals surface area contributed by atoms with Crippen LogP contribution in [0.15, 0.2) is 42.6 Å². The average molecular weight is 287 g/mol. The zero-order valence-electron chi connectivity index (χ0n) is 12.9. The van der Waals surface area contributed by atoms with Crippen LogP contribution in [0.2, 0.25) is 0 Å². The Hall–Kier alpha value is -2.36. The van der Waals surface area contributed by atoms with Gasteiger partial charge in [0.25, 0.3) is 0 Å². The summed E-state index contributed by atoms with van der Waals surface area (Å²) in [6, 6.07) is 3.91. The Balaban J connectivity index is 2.34. The van der Waals surface area contributed by atoms with Crippen molar-refractivity contribution in [2.45, 2.75) is 6.04 Å². The summed E-state index contributed by atoms with van der Waals surface area (Å²) in [6.07, 6.45) is 12.3. The molecule has 0 fully saturated rings. The Morgan fingerprint density at radius 3 is 2.19 bits per heavy atom. The van der Waals surface area contributed by atoms with E-state index in [-0.39, 0.29) is 6.04 Å². The highest BCUT2D eigenvalue weighted by Crippen LogP contribution is 2.35. The summed E-state index contributed by atoms with van der Waals surface area (Å²) >= 11 is 0. The standard InChI is InChI=1S/C17H21NO3/c1-18-10-6-5-7-13(18)8-9-15-16(20-3)11-14(19-2)12-17(15)21-4/h5-13H,1-4H3/b9-8+. The van der Waals surface area contributed by atoms with Crippen molar-refractivity contribution in [3.63, 3.8) is 0 Å². The second kappa shape index (κ2) is 6.88. The first kappa shape index (κ1) is 15.0. The highest BCUT2D eigenvalue weighted by Gasteiger charge is 2.12. The van der Waals surface area contributed by atoms with Crippen molar-refractivity contribution < 1.29 is 14.2 Å². The predicted molar refractivity (Wildman–Crippen MR) is 85.0 cm³/mol. The quantitative estimate of drug-likeness (QED) is 0.832. The van der Waals surface area contributed by atoms with Crippen LogP contribution in [0.4, 0.5) is 0 Å². The number of methoxy groups -OCH3 is 3. The summed E-state index contributed by atoms with van der Waals surface area (Å²) in [5.74, 6) is 2.15. The van der Waals surface area contributed by atoms with E-state index >= 15 is 0 Å². The maximum atomic E-state index is 5.44. The molecule has 1 heterocycles. The highest BCUT2D eigenvalue weighted by molar-refractivity contribution is 5.67. The molecule has 0 spiro atoms. The van der Waals surface area contributed by atoms with E-state index in [2.05, 4.69) is 17.1 Å². The zero-order chi connectivity index (χ0) is 15.2. The van der Waals surface area contributed by atoms with Gasteiger partial charge >= 0.3 is 0 Å². The number of hydrogen-bond donors (Lipinski definition) is 0. The minimum absolute atomic E-state index is 0.214. The summed E-state index contributed by atoms with van der Waals surface area (Å²) in [6.45, 7) is 0. The van der Waals surface area contributed by atoms with Crippen molar-refractivity contribution in [3.8, 4) is 17.2 Å². The van der Waals surface area contributed by atoms with E-state index in [4.69, 9.17) is 14.2 Å². The molecule has 4 nitrogen and oxygen atoms in total. The van der Waals surface area contributed by atoms with Gasteiger partial charge in [0, 0.05) is 19.2 Å². The SMILES string of the molecule is COc1cc(OC)c(/C=C/C2C=CC=CN2C)c(OC)c1. The van der Waals surface area contributed by atoms with Gasteiger partial charge in [0.1, 0.15) is 17.2 Å². The van der Waals surface area contributed by atoms with Crippen LogP contribution in [0.25, 0.3) is 6.08 Å². The first-order valence-electron chi connectivity index (χ1n) is 6.74. The predicted octanol–water partition coefficient (Wildman–Crippen LogP) is 3.11. The van der Waals surface area contributed by atoms with Gasteiger partial charge in [-0.1, -0.05) is 18.2 Å². The topological polar surface area (TPSA) is 30.9 Å². The number of hydrogen-bond acceptors (Lipinski definition) is 4. The number of benzene rings is 1. The summed E-state index contributed by atoms with van der Waals surface area (Å²) < 4.78 is 16.1. The van der Waals surface area contributed by atoms with Gasteiger partial charge in [0.2, 0.25) is 0 Å². The second-order valence-corrected chi connectivity index (χ2v) is 4.69. The number of ether oxygens (including phenoxy) is 3. The van der Waals surface area contributed by atoms with Crippen LogP contribution >= 0.6 is 0 Å². The Labute approximate surface area is 125 Å². The fourth-order valence-electron chi connectivity index (χ4n) is 2.19. The summed E-state index contributed by atoms with van der Waals surface area (Å²) in [5, 5.41) is 0. The number of likely N-dealkylation sites (N-methyl/N-ethyl adjacent to an activating group) is 1. The Kier molecular flexibility index (Phi) is 4.93. The largest absolute Gasteiger partial charge is 0.496 e. The average Bonchev–Trinajstić information content (AvgIpc) is 2.53.